The first kappa shape index (κ1) is 20.5. The third-order valence-corrected chi connectivity index (χ3v) is 3.36. The van der Waals surface area contributed by atoms with Gasteiger partial charge in [0, 0.05) is 31.8 Å². The van der Waals surface area contributed by atoms with Crippen molar-refractivity contribution in [3.8, 4) is 0 Å². The minimum atomic E-state index is 1.03. The molecule has 0 aliphatic rings. The van der Waals surface area contributed by atoms with E-state index in [2.05, 4.69) is 60.7 Å². The molecule has 0 saturated heterocycles. The van der Waals surface area contributed by atoms with E-state index in [1.165, 1.54) is 9.99 Å². The molecule has 1 N–H and O–H groups in total. The lowest BCUT2D eigenvalue weighted by Gasteiger charge is -1.87. The van der Waals surface area contributed by atoms with Gasteiger partial charge in [-0.1, -0.05) is 6.92 Å². The van der Waals surface area contributed by atoms with Crippen molar-refractivity contribution in [2.75, 3.05) is 13.6 Å². The molecule has 0 saturated carbocycles. The Morgan fingerprint density at radius 1 is 1.05 bits per heavy atom. The molecule has 2 aromatic rings. The van der Waals surface area contributed by atoms with Crippen LogP contribution in [0.4, 0.5) is 0 Å². The molecule has 2 rings (SSSR count). The van der Waals surface area contributed by atoms with Crippen LogP contribution in [-0.2, 0) is 0 Å². The van der Waals surface area contributed by atoms with Crippen molar-refractivity contribution in [3.63, 3.8) is 0 Å². The molecule has 2 heterocycles. The second-order valence-corrected chi connectivity index (χ2v) is 6.50. The third-order valence-electron chi connectivity index (χ3n) is 2.25. The van der Waals surface area contributed by atoms with E-state index < -0.39 is 0 Å². The van der Waals surface area contributed by atoms with Gasteiger partial charge in [-0.05, 0) is 96.6 Å². The van der Waals surface area contributed by atoms with Crippen LogP contribution in [0.1, 0.15) is 24.7 Å². The summed E-state index contributed by atoms with van der Waals surface area (Å²) in [5.74, 6) is 0. The highest BCUT2D eigenvalue weighted by molar-refractivity contribution is 14.1. The van der Waals surface area contributed by atoms with Crippen molar-refractivity contribution in [1.29, 1.82) is 0 Å². The summed E-state index contributed by atoms with van der Waals surface area (Å²) in [5.41, 5.74) is 2.12. The molecule has 0 radical (unpaired) electrons. The first-order chi connectivity index (χ1) is 9.99. The third kappa shape index (κ3) is 12.9. The normalized spacial score (nSPS) is 9.05. The summed E-state index contributed by atoms with van der Waals surface area (Å²) in [6.07, 6.45) is 4.88. The van der Waals surface area contributed by atoms with Crippen molar-refractivity contribution in [3.05, 3.63) is 56.1 Å². The van der Waals surface area contributed by atoms with Gasteiger partial charge in [-0.15, -0.1) is 0 Å². The van der Waals surface area contributed by atoms with Gasteiger partial charge in [0.2, 0.25) is 0 Å². The fraction of sp³-hybridized carbons (Fsp3) is 0.375. The maximum absolute atomic E-state index is 4.07. The number of aryl methyl sites for hydroxylation is 2. The van der Waals surface area contributed by atoms with Crippen LogP contribution in [0.2, 0.25) is 0 Å². The zero-order valence-corrected chi connectivity index (χ0v) is 16.8. The summed E-state index contributed by atoms with van der Waals surface area (Å²) in [6, 6.07) is 7.98. The second kappa shape index (κ2) is 13.2. The molecule has 0 aromatic carbocycles. The molecule has 0 atom stereocenters. The summed E-state index contributed by atoms with van der Waals surface area (Å²) in [4.78, 5) is 8.10. The lowest BCUT2D eigenvalue weighted by molar-refractivity contribution is 0.772. The second-order valence-electron chi connectivity index (χ2n) is 4.34. The molecular weight excluding hydrogens is 441 g/mol. The maximum atomic E-state index is 4.07. The molecule has 5 heteroatoms. The predicted molar refractivity (Wildman–Crippen MR) is 103 cm³/mol. The Hall–Kier alpha value is -0.530. The molecule has 0 spiro atoms. The van der Waals surface area contributed by atoms with Gasteiger partial charge >= 0.3 is 0 Å². The average Bonchev–Trinajstić information content (AvgIpc) is 2.48. The van der Waals surface area contributed by atoms with Crippen molar-refractivity contribution < 1.29 is 0 Å². The Bertz CT molecular complexity index is 384. The Morgan fingerprint density at radius 2 is 1.62 bits per heavy atom. The van der Waals surface area contributed by atoms with Gasteiger partial charge in [-0.25, -0.2) is 0 Å². The molecule has 2 aromatic heterocycles. The Labute approximate surface area is 150 Å². The number of hydrogen-bond donors (Lipinski definition) is 1. The van der Waals surface area contributed by atoms with Crippen molar-refractivity contribution in [1.82, 2.24) is 15.3 Å². The van der Waals surface area contributed by atoms with Crippen LogP contribution in [0.5, 0.6) is 0 Å². The van der Waals surface area contributed by atoms with Crippen molar-refractivity contribution in [2.24, 2.45) is 0 Å². The standard InChI is InChI=1S/C6H6BrN.C6H6IN.C4H11N/c2*1-5-2-3-6(7)4-8-5;1-3-4-5-2/h2*2-4H,1H3;5H,3-4H2,1-2H3. The summed E-state index contributed by atoms with van der Waals surface area (Å²) in [5, 5.41) is 3.02. The lowest BCUT2D eigenvalue weighted by Crippen LogP contribution is -2.04. The van der Waals surface area contributed by atoms with E-state index >= 15 is 0 Å². The fourth-order valence-corrected chi connectivity index (χ4v) is 1.70. The van der Waals surface area contributed by atoms with Crippen LogP contribution in [0.3, 0.4) is 0 Å². The van der Waals surface area contributed by atoms with Gasteiger partial charge in [0.1, 0.15) is 0 Å². The molecule has 21 heavy (non-hydrogen) atoms. The molecule has 0 aliphatic carbocycles. The van der Waals surface area contributed by atoms with Crippen LogP contribution in [0.15, 0.2) is 41.1 Å². The van der Waals surface area contributed by atoms with E-state index in [1.54, 1.807) is 6.20 Å². The summed E-state index contributed by atoms with van der Waals surface area (Å²) < 4.78 is 2.22. The van der Waals surface area contributed by atoms with E-state index in [0.717, 1.165) is 22.4 Å². The molecule has 0 bridgehead atoms. The highest BCUT2D eigenvalue weighted by Gasteiger charge is 1.83. The molecule has 0 fully saturated rings. The minimum absolute atomic E-state index is 1.03. The molecule has 3 nitrogen and oxygen atoms in total. The van der Waals surface area contributed by atoms with Crippen LogP contribution in [0, 0.1) is 17.4 Å². The Balaban J connectivity index is 0.000000296. The Morgan fingerprint density at radius 3 is 1.86 bits per heavy atom. The van der Waals surface area contributed by atoms with E-state index in [-0.39, 0.29) is 0 Å². The first-order valence-electron chi connectivity index (χ1n) is 6.80. The number of hydrogen-bond acceptors (Lipinski definition) is 3. The van der Waals surface area contributed by atoms with Gasteiger partial charge in [-0.2, -0.15) is 0 Å². The topological polar surface area (TPSA) is 37.8 Å². The smallest absolute Gasteiger partial charge is 0.0413 e. The quantitative estimate of drug-likeness (QED) is 0.652. The van der Waals surface area contributed by atoms with Gasteiger partial charge in [0.25, 0.3) is 0 Å². The van der Waals surface area contributed by atoms with Crippen molar-refractivity contribution in [2.45, 2.75) is 27.2 Å². The summed E-state index contributed by atoms with van der Waals surface area (Å²) in [7, 11) is 1.96. The monoisotopic (exact) mass is 463 g/mol. The minimum Gasteiger partial charge on any atom is -0.320 e. The maximum Gasteiger partial charge on any atom is 0.0413 e. The Kier molecular flexibility index (Phi) is 12.8. The number of nitrogens with zero attached hydrogens (tertiary/aromatic N) is 2. The van der Waals surface area contributed by atoms with E-state index in [1.807, 2.05) is 51.4 Å². The van der Waals surface area contributed by atoms with Crippen LogP contribution < -0.4 is 5.32 Å². The van der Waals surface area contributed by atoms with E-state index in [0.29, 0.717) is 0 Å². The molecular formula is C16H23BrIN3. The summed E-state index contributed by atoms with van der Waals surface area (Å²) >= 11 is 5.52. The van der Waals surface area contributed by atoms with Gasteiger partial charge in [0.05, 0.1) is 0 Å². The average molecular weight is 464 g/mol. The molecule has 0 aliphatic heterocycles. The first-order valence-corrected chi connectivity index (χ1v) is 8.67. The number of nitrogens with one attached hydrogen (secondary N) is 1. The van der Waals surface area contributed by atoms with Gasteiger partial charge in [0.15, 0.2) is 0 Å². The zero-order chi connectivity index (χ0) is 16.1. The molecule has 0 amide bonds. The van der Waals surface area contributed by atoms with Crippen LogP contribution in [-0.4, -0.2) is 23.6 Å². The highest BCUT2D eigenvalue weighted by atomic mass is 127. The van der Waals surface area contributed by atoms with Crippen molar-refractivity contribution >= 4 is 38.5 Å². The largest absolute Gasteiger partial charge is 0.320 e. The van der Waals surface area contributed by atoms with Crippen LogP contribution >= 0.6 is 38.5 Å². The fourth-order valence-electron chi connectivity index (χ4n) is 1.15. The van der Waals surface area contributed by atoms with Crippen LogP contribution in [0.25, 0.3) is 0 Å². The zero-order valence-electron chi connectivity index (χ0n) is 13.0. The van der Waals surface area contributed by atoms with E-state index in [9.17, 15) is 0 Å². The van der Waals surface area contributed by atoms with Gasteiger partial charge in [-0.3, -0.25) is 9.97 Å². The SMILES string of the molecule is CCCNC.Cc1ccc(Br)cn1.Cc1ccc(I)cn1. The summed E-state index contributed by atoms with van der Waals surface area (Å²) in [6.45, 7) is 7.24. The lowest BCUT2D eigenvalue weighted by atomic mass is 10.4. The van der Waals surface area contributed by atoms with E-state index in [4.69, 9.17) is 0 Å². The predicted octanol–water partition coefficient (Wildman–Crippen LogP) is 4.76. The van der Waals surface area contributed by atoms with Gasteiger partial charge < -0.3 is 5.32 Å². The molecule has 0 unspecified atom stereocenters. The molecule has 116 valence electrons. The number of aromatic nitrogens is 2. The number of rotatable bonds is 2. The highest BCUT2D eigenvalue weighted by Crippen LogP contribution is 2.05. The number of pyridine rings is 2. The number of halogens is 2.